The normalized spacial score (nSPS) is 12.0. The molecular formula is C11H19N5O4. The topological polar surface area (TPSA) is 122 Å². The Morgan fingerprint density at radius 2 is 2.20 bits per heavy atom. The first-order valence-corrected chi connectivity index (χ1v) is 6.10. The minimum absolute atomic E-state index is 0.0578. The van der Waals surface area contributed by atoms with E-state index in [2.05, 4.69) is 20.6 Å². The highest BCUT2D eigenvalue weighted by atomic mass is 16.6. The maximum atomic E-state index is 11.1. The molecule has 9 heteroatoms. The molecule has 0 spiro atoms. The van der Waals surface area contributed by atoms with Crippen LogP contribution in [0.1, 0.15) is 12.1 Å². The summed E-state index contributed by atoms with van der Waals surface area (Å²) in [6.07, 6.45) is 0.392. The zero-order chi connectivity index (χ0) is 15.1. The lowest BCUT2D eigenvalue weighted by Crippen LogP contribution is -2.27. The molecule has 1 atom stereocenters. The number of nitrogens with one attached hydrogen (secondary N) is 2. The molecule has 0 saturated heterocycles. The molecule has 0 radical (unpaired) electrons. The van der Waals surface area contributed by atoms with Crippen LogP contribution in [-0.4, -0.2) is 53.4 Å². The molecule has 1 rings (SSSR count). The maximum Gasteiger partial charge on any atom is 0.332 e. The summed E-state index contributed by atoms with van der Waals surface area (Å²) in [4.78, 5) is 18.6. The highest BCUT2D eigenvalue weighted by Gasteiger charge is 2.23. The number of aryl methyl sites for hydroxylation is 1. The first-order chi connectivity index (χ1) is 9.53. The van der Waals surface area contributed by atoms with Crippen molar-refractivity contribution in [3.8, 4) is 0 Å². The number of aliphatic hydroxyl groups excluding tert-OH is 1. The van der Waals surface area contributed by atoms with Crippen LogP contribution in [-0.2, 0) is 4.74 Å². The van der Waals surface area contributed by atoms with Gasteiger partial charge in [0.1, 0.15) is 5.69 Å². The van der Waals surface area contributed by atoms with Crippen molar-refractivity contribution in [2.45, 2.75) is 19.4 Å². The van der Waals surface area contributed by atoms with Gasteiger partial charge in [0.15, 0.2) is 0 Å². The minimum Gasteiger partial charge on any atom is -0.396 e. The van der Waals surface area contributed by atoms with E-state index in [0.717, 1.165) is 0 Å². The molecular weight excluding hydrogens is 266 g/mol. The first-order valence-electron chi connectivity index (χ1n) is 6.10. The van der Waals surface area contributed by atoms with Crippen LogP contribution in [0.25, 0.3) is 0 Å². The molecule has 0 aliphatic heterocycles. The third-order valence-electron chi connectivity index (χ3n) is 2.65. The van der Waals surface area contributed by atoms with Crippen molar-refractivity contribution in [1.82, 2.24) is 9.97 Å². The highest BCUT2D eigenvalue weighted by Crippen LogP contribution is 2.27. The molecule has 0 saturated carbocycles. The second-order valence-corrected chi connectivity index (χ2v) is 4.15. The van der Waals surface area contributed by atoms with Crippen LogP contribution < -0.4 is 10.6 Å². The van der Waals surface area contributed by atoms with Crippen molar-refractivity contribution in [2.75, 3.05) is 38.0 Å². The molecule has 0 aliphatic rings. The Hall–Kier alpha value is -2.00. The van der Waals surface area contributed by atoms with Gasteiger partial charge in [-0.2, -0.15) is 4.98 Å². The Labute approximate surface area is 116 Å². The van der Waals surface area contributed by atoms with Gasteiger partial charge in [-0.05, 0) is 13.3 Å². The number of methoxy groups -OCH3 is 1. The van der Waals surface area contributed by atoms with Crippen molar-refractivity contribution in [2.24, 2.45) is 0 Å². The van der Waals surface area contributed by atoms with Crippen LogP contribution >= 0.6 is 0 Å². The Balaban J connectivity index is 3.12. The van der Waals surface area contributed by atoms with Gasteiger partial charge in [0.05, 0.1) is 17.6 Å². The fourth-order valence-corrected chi connectivity index (χ4v) is 1.75. The van der Waals surface area contributed by atoms with Crippen molar-refractivity contribution in [1.29, 1.82) is 0 Å². The summed E-state index contributed by atoms with van der Waals surface area (Å²) in [6.45, 7) is 1.79. The average Bonchev–Trinajstić information content (AvgIpc) is 2.38. The number of aliphatic hydroxyl groups is 1. The van der Waals surface area contributed by atoms with Crippen LogP contribution in [0.4, 0.5) is 17.5 Å². The fourth-order valence-electron chi connectivity index (χ4n) is 1.75. The standard InChI is InChI=1S/C11H19N5O4/c1-7-9(16(18)19)10(15-11(12-2)13-7)14-8(4-5-17)6-20-3/h8,17H,4-6H2,1-3H3,(H2,12,13,14,15). The molecule has 0 fully saturated rings. The molecule has 1 aromatic rings. The molecule has 1 heterocycles. The number of ether oxygens (including phenoxy) is 1. The molecule has 1 unspecified atom stereocenters. The summed E-state index contributed by atoms with van der Waals surface area (Å²) in [5.41, 5.74) is 0.0834. The lowest BCUT2D eigenvalue weighted by molar-refractivity contribution is -0.385. The van der Waals surface area contributed by atoms with Crippen LogP contribution in [0.5, 0.6) is 0 Å². The predicted octanol–water partition coefficient (Wildman–Crippen LogP) is 0.544. The summed E-state index contributed by atoms with van der Waals surface area (Å²) in [5.74, 6) is 0.401. The van der Waals surface area contributed by atoms with Gasteiger partial charge in [0.25, 0.3) is 0 Å². The Morgan fingerprint density at radius 3 is 2.70 bits per heavy atom. The first kappa shape index (κ1) is 16.1. The Kier molecular flexibility index (Phi) is 6.07. The highest BCUT2D eigenvalue weighted by molar-refractivity contribution is 5.61. The summed E-state index contributed by atoms with van der Waals surface area (Å²) in [7, 11) is 3.15. The predicted molar refractivity (Wildman–Crippen MR) is 74.0 cm³/mol. The number of nitro groups is 1. The zero-order valence-corrected chi connectivity index (χ0v) is 11.7. The summed E-state index contributed by atoms with van der Waals surface area (Å²) >= 11 is 0. The van der Waals surface area contributed by atoms with Crippen molar-refractivity contribution >= 4 is 17.5 Å². The molecule has 0 amide bonds. The molecule has 112 valence electrons. The van der Waals surface area contributed by atoms with E-state index in [1.54, 1.807) is 14.0 Å². The molecule has 0 aromatic carbocycles. The largest absolute Gasteiger partial charge is 0.396 e. The average molecular weight is 285 g/mol. The van der Waals surface area contributed by atoms with Gasteiger partial charge in [0.2, 0.25) is 11.8 Å². The quantitative estimate of drug-likeness (QED) is 0.467. The number of aromatic nitrogens is 2. The lowest BCUT2D eigenvalue weighted by atomic mass is 10.2. The fraction of sp³-hybridized carbons (Fsp3) is 0.636. The molecule has 0 bridgehead atoms. The van der Waals surface area contributed by atoms with E-state index < -0.39 is 4.92 Å². The number of hydrogen-bond acceptors (Lipinski definition) is 8. The SMILES string of the molecule is CNc1nc(C)c([N+](=O)[O-])c(NC(CCO)COC)n1. The number of anilines is 2. The van der Waals surface area contributed by atoms with Gasteiger partial charge in [0, 0.05) is 20.8 Å². The van der Waals surface area contributed by atoms with E-state index in [-0.39, 0.29) is 35.8 Å². The van der Waals surface area contributed by atoms with E-state index in [4.69, 9.17) is 9.84 Å². The van der Waals surface area contributed by atoms with Gasteiger partial charge in [-0.1, -0.05) is 0 Å². The zero-order valence-electron chi connectivity index (χ0n) is 11.7. The lowest BCUT2D eigenvalue weighted by Gasteiger charge is -2.18. The molecule has 1 aromatic heterocycles. The smallest absolute Gasteiger partial charge is 0.332 e. The van der Waals surface area contributed by atoms with Crippen LogP contribution in [0.15, 0.2) is 0 Å². The third-order valence-corrected chi connectivity index (χ3v) is 2.65. The van der Waals surface area contributed by atoms with Gasteiger partial charge < -0.3 is 20.5 Å². The maximum absolute atomic E-state index is 11.1. The monoisotopic (exact) mass is 285 g/mol. The second-order valence-electron chi connectivity index (χ2n) is 4.15. The number of rotatable bonds is 8. The van der Waals surface area contributed by atoms with Gasteiger partial charge >= 0.3 is 5.69 Å². The van der Waals surface area contributed by atoms with E-state index in [1.165, 1.54) is 7.11 Å². The second kappa shape index (κ2) is 7.56. The third kappa shape index (κ3) is 4.00. The molecule has 20 heavy (non-hydrogen) atoms. The van der Waals surface area contributed by atoms with Gasteiger partial charge in [-0.25, -0.2) is 4.98 Å². The van der Waals surface area contributed by atoms with Crippen LogP contribution in [0, 0.1) is 17.0 Å². The molecule has 3 N–H and O–H groups in total. The minimum atomic E-state index is -0.528. The molecule has 0 aliphatic carbocycles. The van der Waals surface area contributed by atoms with E-state index >= 15 is 0 Å². The summed E-state index contributed by atoms with van der Waals surface area (Å²) in [6, 6.07) is -0.275. The number of nitrogens with zero attached hydrogens (tertiary/aromatic N) is 3. The van der Waals surface area contributed by atoms with E-state index in [1.807, 2.05) is 0 Å². The van der Waals surface area contributed by atoms with Crippen LogP contribution in [0.2, 0.25) is 0 Å². The summed E-state index contributed by atoms with van der Waals surface area (Å²) < 4.78 is 5.01. The van der Waals surface area contributed by atoms with E-state index in [9.17, 15) is 10.1 Å². The van der Waals surface area contributed by atoms with Crippen molar-refractivity contribution in [3.05, 3.63) is 15.8 Å². The Bertz CT molecular complexity index is 462. The van der Waals surface area contributed by atoms with Crippen molar-refractivity contribution < 1.29 is 14.8 Å². The van der Waals surface area contributed by atoms with Crippen molar-refractivity contribution in [3.63, 3.8) is 0 Å². The Morgan fingerprint density at radius 1 is 1.50 bits per heavy atom. The molecule has 9 nitrogen and oxygen atoms in total. The van der Waals surface area contributed by atoms with E-state index in [0.29, 0.717) is 13.0 Å². The number of hydrogen-bond donors (Lipinski definition) is 3. The van der Waals surface area contributed by atoms with Gasteiger partial charge in [-0.3, -0.25) is 10.1 Å². The van der Waals surface area contributed by atoms with Gasteiger partial charge in [-0.15, -0.1) is 0 Å². The summed E-state index contributed by atoms with van der Waals surface area (Å²) in [5, 5.41) is 25.8. The van der Waals surface area contributed by atoms with Crippen LogP contribution in [0.3, 0.4) is 0 Å².